The molecule has 0 radical (unpaired) electrons. The molecule has 2 aromatic carbocycles. The van der Waals surface area contributed by atoms with Crippen molar-refractivity contribution in [3.05, 3.63) is 59.9 Å². The summed E-state index contributed by atoms with van der Waals surface area (Å²) in [6, 6.07) is 13.8. The third kappa shape index (κ3) is 4.07. The van der Waals surface area contributed by atoms with E-state index < -0.39 is 0 Å². The Morgan fingerprint density at radius 1 is 1.13 bits per heavy atom. The molecular weight excluding hydrogens is 295 g/mol. The first-order valence-electron chi connectivity index (χ1n) is 7.68. The highest BCUT2D eigenvalue weighted by molar-refractivity contribution is 5.95. The van der Waals surface area contributed by atoms with Crippen molar-refractivity contribution in [1.82, 2.24) is 0 Å². The number of halogens is 1. The highest BCUT2D eigenvalue weighted by atomic mass is 19.1. The maximum atomic E-state index is 13.2. The average Bonchev–Trinajstić information content (AvgIpc) is 2.56. The van der Waals surface area contributed by atoms with Gasteiger partial charge in [0.05, 0.1) is 31.0 Å². The summed E-state index contributed by atoms with van der Waals surface area (Å²) in [6.07, 6.45) is 0.148. The Labute approximate surface area is 134 Å². The van der Waals surface area contributed by atoms with Gasteiger partial charge in [0.25, 0.3) is 0 Å². The Bertz CT molecular complexity index is 684. The van der Waals surface area contributed by atoms with Gasteiger partial charge < -0.3 is 15.0 Å². The van der Waals surface area contributed by atoms with Crippen molar-refractivity contribution in [2.45, 2.75) is 6.42 Å². The van der Waals surface area contributed by atoms with Crippen LogP contribution >= 0.6 is 0 Å². The van der Waals surface area contributed by atoms with Crippen molar-refractivity contribution >= 4 is 17.3 Å². The number of carbonyl (C=O) groups excluding carboxylic acids is 1. The molecule has 5 heteroatoms. The van der Waals surface area contributed by atoms with Crippen LogP contribution in [0.3, 0.4) is 0 Å². The van der Waals surface area contributed by atoms with Crippen LogP contribution in [0.5, 0.6) is 0 Å². The number of benzene rings is 2. The standard InChI is InChI=1S/C18H19FN2O2/c19-15-5-3-4-14(12-15)13-18(22)20-16-6-1-2-7-17(16)21-8-10-23-11-9-21/h1-7,12H,8-11,13H2,(H,20,22). The van der Waals surface area contributed by atoms with Gasteiger partial charge in [-0.2, -0.15) is 0 Å². The molecule has 0 bridgehead atoms. The normalized spacial score (nSPS) is 14.6. The summed E-state index contributed by atoms with van der Waals surface area (Å²) in [7, 11) is 0. The number of rotatable bonds is 4. The Morgan fingerprint density at radius 3 is 2.70 bits per heavy atom. The molecule has 23 heavy (non-hydrogen) atoms. The number of morpholine rings is 1. The number of hydrogen-bond donors (Lipinski definition) is 1. The Morgan fingerprint density at radius 2 is 1.91 bits per heavy atom. The molecule has 0 aliphatic carbocycles. The molecule has 3 rings (SSSR count). The van der Waals surface area contributed by atoms with Gasteiger partial charge in [-0.25, -0.2) is 4.39 Å². The number of anilines is 2. The molecule has 0 unspecified atom stereocenters. The van der Waals surface area contributed by atoms with Gasteiger partial charge in [-0.05, 0) is 29.8 Å². The summed E-state index contributed by atoms with van der Waals surface area (Å²) in [5.41, 5.74) is 2.42. The molecule has 0 aromatic heterocycles. The highest BCUT2D eigenvalue weighted by Crippen LogP contribution is 2.26. The first-order chi connectivity index (χ1) is 11.2. The smallest absolute Gasteiger partial charge is 0.228 e. The van der Waals surface area contributed by atoms with Crippen molar-refractivity contribution in [2.75, 3.05) is 36.5 Å². The Hall–Kier alpha value is -2.40. The van der Waals surface area contributed by atoms with Crippen LogP contribution in [-0.2, 0) is 16.0 Å². The van der Waals surface area contributed by atoms with Crippen LogP contribution in [0.15, 0.2) is 48.5 Å². The molecule has 0 spiro atoms. The van der Waals surface area contributed by atoms with Crippen LogP contribution < -0.4 is 10.2 Å². The predicted molar refractivity (Wildman–Crippen MR) is 88.2 cm³/mol. The summed E-state index contributed by atoms with van der Waals surface area (Å²) in [5, 5.41) is 2.93. The molecular formula is C18H19FN2O2. The molecule has 120 valence electrons. The van der Waals surface area contributed by atoms with Crippen LogP contribution in [0, 0.1) is 5.82 Å². The van der Waals surface area contributed by atoms with Gasteiger partial charge in [-0.1, -0.05) is 24.3 Å². The first kappa shape index (κ1) is 15.5. The second kappa shape index (κ2) is 7.24. The van der Waals surface area contributed by atoms with Gasteiger partial charge in [0.1, 0.15) is 5.82 Å². The second-order valence-corrected chi connectivity index (χ2v) is 5.47. The number of para-hydroxylation sites is 2. The maximum absolute atomic E-state index is 13.2. The van der Waals surface area contributed by atoms with E-state index in [0.29, 0.717) is 18.8 Å². The van der Waals surface area contributed by atoms with Gasteiger partial charge in [-0.3, -0.25) is 4.79 Å². The van der Waals surface area contributed by atoms with Crippen molar-refractivity contribution < 1.29 is 13.9 Å². The van der Waals surface area contributed by atoms with Gasteiger partial charge in [-0.15, -0.1) is 0 Å². The van der Waals surface area contributed by atoms with Crippen LogP contribution in [-0.4, -0.2) is 32.2 Å². The monoisotopic (exact) mass is 314 g/mol. The van der Waals surface area contributed by atoms with Gasteiger partial charge in [0.15, 0.2) is 0 Å². The quantitative estimate of drug-likeness (QED) is 0.943. The summed E-state index contributed by atoms with van der Waals surface area (Å²) >= 11 is 0. The largest absolute Gasteiger partial charge is 0.378 e. The number of carbonyl (C=O) groups is 1. The average molecular weight is 314 g/mol. The Balaban J connectivity index is 1.71. The predicted octanol–water partition coefficient (Wildman–Crippen LogP) is 2.84. The lowest BCUT2D eigenvalue weighted by molar-refractivity contribution is -0.115. The van der Waals surface area contributed by atoms with Crippen molar-refractivity contribution in [1.29, 1.82) is 0 Å². The summed E-state index contributed by atoms with van der Waals surface area (Å²) in [5.74, 6) is -0.486. The minimum atomic E-state index is -0.330. The molecule has 0 atom stereocenters. The summed E-state index contributed by atoms with van der Waals surface area (Å²) in [6.45, 7) is 2.98. The zero-order valence-electron chi connectivity index (χ0n) is 12.8. The van der Waals surface area contributed by atoms with E-state index >= 15 is 0 Å². The zero-order chi connectivity index (χ0) is 16.1. The fourth-order valence-electron chi connectivity index (χ4n) is 2.69. The SMILES string of the molecule is O=C(Cc1cccc(F)c1)Nc1ccccc1N1CCOCC1. The molecule has 4 nitrogen and oxygen atoms in total. The lowest BCUT2D eigenvalue weighted by atomic mass is 10.1. The molecule has 0 saturated carbocycles. The minimum Gasteiger partial charge on any atom is -0.378 e. The summed E-state index contributed by atoms with van der Waals surface area (Å²) < 4.78 is 18.6. The van der Waals surface area contributed by atoms with Crippen molar-refractivity contribution in [3.8, 4) is 0 Å². The molecule has 1 N–H and O–H groups in total. The fourth-order valence-corrected chi connectivity index (χ4v) is 2.69. The molecule has 1 heterocycles. The van der Waals surface area contributed by atoms with E-state index in [9.17, 15) is 9.18 Å². The van der Waals surface area contributed by atoms with E-state index in [1.807, 2.05) is 24.3 Å². The van der Waals surface area contributed by atoms with Crippen LogP contribution in [0.2, 0.25) is 0 Å². The molecule has 1 saturated heterocycles. The molecule has 1 aliphatic rings. The van der Waals surface area contributed by atoms with E-state index in [1.165, 1.54) is 12.1 Å². The number of ether oxygens (including phenoxy) is 1. The van der Waals surface area contributed by atoms with Crippen LogP contribution in [0.4, 0.5) is 15.8 Å². The van der Waals surface area contributed by atoms with Gasteiger partial charge in [0, 0.05) is 13.1 Å². The van der Waals surface area contributed by atoms with E-state index in [1.54, 1.807) is 12.1 Å². The van der Waals surface area contributed by atoms with Crippen LogP contribution in [0.25, 0.3) is 0 Å². The minimum absolute atomic E-state index is 0.148. The summed E-state index contributed by atoms with van der Waals surface area (Å²) in [4.78, 5) is 14.4. The number of hydrogen-bond acceptors (Lipinski definition) is 3. The van der Waals surface area contributed by atoms with E-state index in [-0.39, 0.29) is 18.1 Å². The van der Waals surface area contributed by atoms with E-state index in [0.717, 1.165) is 24.5 Å². The number of nitrogens with zero attached hydrogens (tertiary/aromatic N) is 1. The molecule has 1 fully saturated rings. The second-order valence-electron chi connectivity index (χ2n) is 5.47. The lowest BCUT2D eigenvalue weighted by Crippen LogP contribution is -2.36. The number of amides is 1. The highest BCUT2D eigenvalue weighted by Gasteiger charge is 2.15. The first-order valence-corrected chi connectivity index (χ1v) is 7.68. The number of nitrogens with one attached hydrogen (secondary N) is 1. The fraction of sp³-hybridized carbons (Fsp3) is 0.278. The van der Waals surface area contributed by atoms with Gasteiger partial charge >= 0.3 is 0 Å². The topological polar surface area (TPSA) is 41.6 Å². The van der Waals surface area contributed by atoms with Crippen molar-refractivity contribution in [3.63, 3.8) is 0 Å². The van der Waals surface area contributed by atoms with E-state index in [4.69, 9.17) is 4.74 Å². The van der Waals surface area contributed by atoms with E-state index in [2.05, 4.69) is 10.2 Å². The zero-order valence-corrected chi connectivity index (χ0v) is 12.8. The third-order valence-corrected chi connectivity index (χ3v) is 3.78. The van der Waals surface area contributed by atoms with Crippen LogP contribution in [0.1, 0.15) is 5.56 Å². The van der Waals surface area contributed by atoms with Gasteiger partial charge in [0.2, 0.25) is 5.91 Å². The Kier molecular flexibility index (Phi) is 4.88. The molecule has 1 aliphatic heterocycles. The molecule has 1 amide bonds. The molecule has 2 aromatic rings. The van der Waals surface area contributed by atoms with Crippen molar-refractivity contribution in [2.24, 2.45) is 0 Å². The lowest BCUT2D eigenvalue weighted by Gasteiger charge is -2.30. The third-order valence-electron chi connectivity index (χ3n) is 3.78. The maximum Gasteiger partial charge on any atom is 0.228 e.